The number of ether oxygens (including phenoxy) is 2. The molecule has 0 unspecified atom stereocenters. The average molecular weight is 208 g/mol. The molecular formula is C12H16O3. The first kappa shape index (κ1) is 11.7. The van der Waals surface area contributed by atoms with Crippen molar-refractivity contribution < 1.29 is 14.3 Å². The number of hydrogen-bond donors (Lipinski definition) is 0. The number of carbonyl (C=O) groups is 1. The number of carbonyl (C=O) groups excluding carboxylic acids is 1. The predicted molar refractivity (Wildman–Crippen MR) is 57.3 cm³/mol. The van der Waals surface area contributed by atoms with Gasteiger partial charge in [-0.05, 0) is 12.0 Å². The van der Waals surface area contributed by atoms with Gasteiger partial charge in [0.25, 0.3) is 0 Å². The van der Waals surface area contributed by atoms with Crippen molar-refractivity contribution >= 4 is 5.97 Å². The maximum absolute atomic E-state index is 11.2. The van der Waals surface area contributed by atoms with E-state index in [1.54, 1.807) is 0 Å². The van der Waals surface area contributed by atoms with E-state index in [4.69, 9.17) is 4.74 Å². The van der Waals surface area contributed by atoms with E-state index >= 15 is 0 Å². The van der Waals surface area contributed by atoms with E-state index in [2.05, 4.69) is 4.74 Å². The highest BCUT2D eigenvalue weighted by atomic mass is 16.6. The van der Waals surface area contributed by atoms with Crippen molar-refractivity contribution in [1.82, 2.24) is 0 Å². The lowest BCUT2D eigenvalue weighted by Crippen LogP contribution is -2.24. The fourth-order valence-corrected chi connectivity index (χ4v) is 1.26. The summed E-state index contributed by atoms with van der Waals surface area (Å²) in [6.45, 7) is 2.33. The Morgan fingerprint density at radius 1 is 1.33 bits per heavy atom. The molecule has 0 bridgehead atoms. The monoisotopic (exact) mass is 208 g/mol. The smallest absolute Gasteiger partial charge is 0.334 e. The highest BCUT2D eigenvalue weighted by molar-refractivity contribution is 5.74. The zero-order chi connectivity index (χ0) is 11.1. The Hall–Kier alpha value is -1.35. The van der Waals surface area contributed by atoms with E-state index in [0.717, 1.165) is 5.56 Å². The molecule has 0 aliphatic heterocycles. The average Bonchev–Trinajstić information content (AvgIpc) is 2.31. The van der Waals surface area contributed by atoms with Crippen molar-refractivity contribution in [3.8, 4) is 0 Å². The number of methoxy groups -OCH3 is 1. The first-order valence-electron chi connectivity index (χ1n) is 5.01. The highest BCUT2D eigenvalue weighted by Gasteiger charge is 2.16. The van der Waals surface area contributed by atoms with Gasteiger partial charge in [-0.1, -0.05) is 37.3 Å². The number of hydrogen-bond acceptors (Lipinski definition) is 3. The molecule has 1 rings (SSSR count). The first-order valence-corrected chi connectivity index (χ1v) is 5.01. The molecule has 0 spiro atoms. The number of esters is 1. The third-order valence-corrected chi connectivity index (χ3v) is 2.13. The molecule has 82 valence electrons. The van der Waals surface area contributed by atoms with Gasteiger partial charge < -0.3 is 9.47 Å². The van der Waals surface area contributed by atoms with Crippen molar-refractivity contribution in [3.05, 3.63) is 35.9 Å². The summed E-state index contributed by atoms with van der Waals surface area (Å²) < 4.78 is 10.1. The molecule has 0 saturated heterocycles. The van der Waals surface area contributed by atoms with Crippen molar-refractivity contribution in [2.75, 3.05) is 7.11 Å². The molecule has 3 nitrogen and oxygen atoms in total. The SMILES string of the molecule is CC[C@H](OCc1ccccc1)C(=O)OC. The van der Waals surface area contributed by atoms with Crippen LogP contribution in [0.1, 0.15) is 18.9 Å². The van der Waals surface area contributed by atoms with E-state index in [-0.39, 0.29) is 5.97 Å². The number of benzene rings is 1. The minimum absolute atomic E-state index is 0.312. The van der Waals surface area contributed by atoms with Crippen molar-refractivity contribution in [2.45, 2.75) is 26.1 Å². The van der Waals surface area contributed by atoms with Gasteiger partial charge in [0.1, 0.15) is 0 Å². The van der Waals surface area contributed by atoms with Crippen LogP contribution in [0.2, 0.25) is 0 Å². The van der Waals surface area contributed by atoms with E-state index in [0.29, 0.717) is 13.0 Å². The van der Waals surface area contributed by atoms with Gasteiger partial charge in [0, 0.05) is 0 Å². The van der Waals surface area contributed by atoms with Crippen LogP contribution >= 0.6 is 0 Å². The second kappa shape index (κ2) is 6.19. The quantitative estimate of drug-likeness (QED) is 0.695. The standard InChI is InChI=1S/C12H16O3/c1-3-11(12(13)14-2)15-9-10-7-5-4-6-8-10/h4-8,11H,3,9H2,1-2H3/t11-/m0/s1. The summed E-state index contributed by atoms with van der Waals surface area (Å²) in [4.78, 5) is 11.2. The Morgan fingerprint density at radius 2 is 2.00 bits per heavy atom. The first-order chi connectivity index (χ1) is 7.27. The molecule has 0 amide bonds. The minimum Gasteiger partial charge on any atom is -0.467 e. The summed E-state index contributed by atoms with van der Waals surface area (Å²) in [5.74, 6) is -0.312. The molecule has 0 fully saturated rings. The fourth-order valence-electron chi connectivity index (χ4n) is 1.26. The van der Waals surface area contributed by atoms with E-state index < -0.39 is 6.10 Å². The van der Waals surface area contributed by atoms with Crippen molar-refractivity contribution in [2.24, 2.45) is 0 Å². The van der Waals surface area contributed by atoms with Gasteiger partial charge in [0.15, 0.2) is 6.10 Å². The van der Waals surface area contributed by atoms with Gasteiger partial charge in [-0.15, -0.1) is 0 Å². The fraction of sp³-hybridized carbons (Fsp3) is 0.417. The van der Waals surface area contributed by atoms with Crippen LogP contribution in [0, 0.1) is 0 Å². The molecule has 0 aromatic heterocycles. The molecule has 0 saturated carbocycles. The molecule has 0 N–H and O–H groups in total. The van der Waals surface area contributed by atoms with Crippen LogP contribution < -0.4 is 0 Å². The maximum Gasteiger partial charge on any atom is 0.334 e. The Labute approximate surface area is 90.0 Å². The summed E-state index contributed by atoms with van der Waals surface area (Å²) in [6, 6.07) is 9.75. The molecule has 0 aliphatic carbocycles. The van der Waals surface area contributed by atoms with Gasteiger partial charge in [0.05, 0.1) is 13.7 Å². The predicted octanol–water partition coefficient (Wildman–Crippen LogP) is 2.15. The molecule has 0 aliphatic rings. The van der Waals surface area contributed by atoms with Crippen LogP contribution in [0.5, 0.6) is 0 Å². The zero-order valence-corrected chi connectivity index (χ0v) is 9.10. The van der Waals surface area contributed by atoms with E-state index in [1.165, 1.54) is 7.11 Å². The lowest BCUT2D eigenvalue weighted by Gasteiger charge is -2.13. The summed E-state index contributed by atoms with van der Waals surface area (Å²) in [6.07, 6.45) is 0.162. The maximum atomic E-state index is 11.2. The second-order valence-electron chi connectivity index (χ2n) is 3.22. The Bertz CT molecular complexity index is 295. The summed E-state index contributed by atoms with van der Waals surface area (Å²) in [5.41, 5.74) is 1.06. The van der Waals surface area contributed by atoms with E-state index in [1.807, 2.05) is 37.3 Å². The van der Waals surface area contributed by atoms with Crippen LogP contribution in [0.25, 0.3) is 0 Å². The third-order valence-electron chi connectivity index (χ3n) is 2.13. The molecule has 0 heterocycles. The van der Waals surface area contributed by atoms with Gasteiger partial charge in [-0.3, -0.25) is 0 Å². The van der Waals surface area contributed by atoms with E-state index in [9.17, 15) is 4.79 Å². The topological polar surface area (TPSA) is 35.5 Å². The summed E-state index contributed by atoms with van der Waals surface area (Å²) in [5, 5.41) is 0. The Balaban J connectivity index is 2.44. The van der Waals surface area contributed by atoms with Crippen LogP contribution in [-0.2, 0) is 20.9 Å². The molecule has 0 radical (unpaired) electrons. The minimum atomic E-state index is -0.463. The lowest BCUT2D eigenvalue weighted by molar-refractivity contribution is -0.155. The van der Waals surface area contributed by atoms with Crippen molar-refractivity contribution in [3.63, 3.8) is 0 Å². The lowest BCUT2D eigenvalue weighted by atomic mass is 10.2. The molecule has 15 heavy (non-hydrogen) atoms. The molecule has 3 heteroatoms. The van der Waals surface area contributed by atoms with Crippen molar-refractivity contribution in [1.29, 1.82) is 0 Å². The van der Waals surface area contributed by atoms with Crippen LogP contribution in [0.15, 0.2) is 30.3 Å². The molecular weight excluding hydrogens is 192 g/mol. The van der Waals surface area contributed by atoms with Crippen LogP contribution in [-0.4, -0.2) is 19.2 Å². The Kier molecular flexibility index (Phi) is 4.84. The van der Waals surface area contributed by atoms with Crippen LogP contribution in [0.4, 0.5) is 0 Å². The third kappa shape index (κ3) is 3.72. The Morgan fingerprint density at radius 3 is 2.53 bits per heavy atom. The van der Waals surface area contributed by atoms with Gasteiger partial charge in [-0.2, -0.15) is 0 Å². The normalized spacial score (nSPS) is 12.1. The highest BCUT2D eigenvalue weighted by Crippen LogP contribution is 2.06. The molecule has 1 aromatic carbocycles. The molecule has 1 atom stereocenters. The van der Waals surface area contributed by atoms with Gasteiger partial charge in [0.2, 0.25) is 0 Å². The number of rotatable bonds is 5. The van der Waals surface area contributed by atoms with Crippen LogP contribution in [0.3, 0.4) is 0 Å². The largest absolute Gasteiger partial charge is 0.467 e. The second-order valence-corrected chi connectivity index (χ2v) is 3.22. The summed E-state index contributed by atoms with van der Waals surface area (Å²) in [7, 11) is 1.37. The zero-order valence-electron chi connectivity index (χ0n) is 9.10. The molecule has 1 aromatic rings. The van der Waals surface area contributed by atoms with Gasteiger partial charge in [-0.25, -0.2) is 4.79 Å². The summed E-state index contributed by atoms with van der Waals surface area (Å²) >= 11 is 0. The van der Waals surface area contributed by atoms with Gasteiger partial charge >= 0.3 is 5.97 Å².